The first-order valence-electron chi connectivity index (χ1n) is 6.65. The fraction of sp³-hybridized carbons (Fsp3) is 0.286. The molecule has 0 aliphatic heterocycles. The Hall–Kier alpha value is -2.77. The number of carboxylic acids is 1. The highest BCUT2D eigenvalue weighted by molar-refractivity contribution is 5.93. The summed E-state index contributed by atoms with van der Waals surface area (Å²) in [6.45, 7) is 1.80. The Labute approximate surface area is 126 Å². The van der Waals surface area contributed by atoms with Gasteiger partial charge in [0.1, 0.15) is 12.4 Å². The normalized spacial score (nSPS) is 10.5. The van der Waals surface area contributed by atoms with Crippen molar-refractivity contribution in [2.24, 2.45) is 0 Å². The molecule has 0 fully saturated rings. The largest absolute Gasteiger partial charge is 0.480 e. The Morgan fingerprint density at radius 2 is 2.18 bits per heavy atom. The minimum absolute atomic E-state index is 0.0551. The molecule has 2 aromatic rings. The molecule has 8 heteroatoms. The molecule has 0 radical (unpaired) electrons. The van der Waals surface area contributed by atoms with Crippen molar-refractivity contribution in [1.29, 1.82) is 0 Å². The number of benzene rings is 1. The van der Waals surface area contributed by atoms with Gasteiger partial charge in [-0.3, -0.25) is 9.59 Å². The second-order valence-corrected chi connectivity index (χ2v) is 4.64. The van der Waals surface area contributed by atoms with E-state index in [0.717, 1.165) is 4.90 Å². The van der Waals surface area contributed by atoms with Crippen molar-refractivity contribution in [2.45, 2.75) is 13.5 Å². The molecule has 0 atom stereocenters. The zero-order valence-corrected chi connectivity index (χ0v) is 11.9. The molecule has 7 nitrogen and oxygen atoms in total. The average molecular weight is 306 g/mol. The van der Waals surface area contributed by atoms with Gasteiger partial charge in [0.15, 0.2) is 5.69 Å². The van der Waals surface area contributed by atoms with E-state index in [-0.39, 0.29) is 24.6 Å². The first-order chi connectivity index (χ1) is 10.5. The number of carbonyl (C=O) groups excluding carboxylic acids is 1. The van der Waals surface area contributed by atoms with Crippen molar-refractivity contribution in [3.8, 4) is 0 Å². The number of aromatic nitrogens is 3. The predicted molar refractivity (Wildman–Crippen MR) is 74.7 cm³/mol. The summed E-state index contributed by atoms with van der Waals surface area (Å²) in [7, 11) is 0. The van der Waals surface area contributed by atoms with Crippen molar-refractivity contribution >= 4 is 11.9 Å². The summed E-state index contributed by atoms with van der Waals surface area (Å²) < 4.78 is 14.5. The number of hydrogen-bond donors (Lipinski definition) is 1. The quantitative estimate of drug-likeness (QED) is 0.860. The second kappa shape index (κ2) is 6.79. The molecule has 0 aliphatic rings. The van der Waals surface area contributed by atoms with E-state index in [1.165, 1.54) is 23.0 Å². The van der Waals surface area contributed by atoms with Crippen LogP contribution in [0.15, 0.2) is 30.5 Å². The van der Waals surface area contributed by atoms with Crippen LogP contribution < -0.4 is 0 Å². The number of nitrogens with zero attached hydrogens (tertiary/aromatic N) is 4. The molecule has 1 amide bonds. The minimum Gasteiger partial charge on any atom is -0.480 e. The summed E-state index contributed by atoms with van der Waals surface area (Å²) in [4.78, 5) is 24.0. The number of halogens is 1. The van der Waals surface area contributed by atoms with Crippen molar-refractivity contribution in [3.05, 3.63) is 47.5 Å². The van der Waals surface area contributed by atoms with Gasteiger partial charge in [-0.2, -0.15) is 0 Å². The topological polar surface area (TPSA) is 88.3 Å². The number of amides is 1. The zero-order chi connectivity index (χ0) is 16.1. The predicted octanol–water partition coefficient (Wildman–Crippen LogP) is 1.01. The van der Waals surface area contributed by atoms with Gasteiger partial charge >= 0.3 is 5.97 Å². The molecule has 0 saturated heterocycles. The fourth-order valence-electron chi connectivity index (χ4n) is 1.95. The highest BCUT2D eigenvalue weighted by Gasteiger charge is 2.19. The zero-order valence-electron chi connectivity index (χ0n) is 11.9. The van der Waals surface area contributed by atoms with Crippen LogP contribution in [0.5, 0.6) is 0 Å². The molecule has 0 aliphatic carbocycles. The maximum atomic E-state index is 13.1. The van der Waals surface area contributed by atoms with Crippen LogP contribution in [0.2, 0.25) is 0 Å². The van der Waals surface area contributed by atoms with E-state index in [0.29, 0.717) is 5.56 Å². The monoisotopic (exact) mass is 306 g/mol. The fourth-order valence-corrected chi connectivity index (χ4v) is 1.95. The summed E-state index contributed by atoms with van der Waals surface area (Å²) in [5.41, 5.74) is 0.737. The van der Waals surface area contributed by atoms with Gasteiger partial charge in [0.25, 0.3) is 5.91 Å². The van der Waals surface area contributed by atoms with Crippen molar-refractivity contribution < 1.29 is 19.1 Å². The standard InChI is InChI=1S/C14H15FN4O3/c1-2-18(9-13(20)21)14(22)12-8-19(17-16-12)7-10-4-3-5-11(15)6-10/h3-6,8H,2,7,9H2,1H3,(H,20,21). The van der Waals surface area contributed by atoms with Crippen molar-refractivity contribution in [3.63, 3.8) is 0 Å². The van der Waals surface area contributed by atoms with Gasteiger partial charge in [0.2, 0.25) is 0 Å². The van der Waals surface area contributed by atoms with E-state index in [9.17, 15) is 14.0 Å². The van der Waals surface area contributed by atoms with E-state index in [1.54, 1.807) is 19.1 Å². The maximum absolute atomic E-state index is 13.1. The summed E-state index contributed by atoms with van der Waals surface area (Å²) >= 11 is 0. The van der Waals surface area contributed by atoms with Gasteiger partial charge in [0.05, 0.1) is 12.7 Å². The lowest BCUT2D eigenvalue weighted by Gasteiger charge is -2.16. The van der Waals surface area contributed by atoms with Gasteiger partial charge < -0.3 is 10.0 Å². The van der Waals surface area contributed by atoms with Crippen LogP contribution in [0.3, 0.4) is 0 Å². The van der Waals surface area contributed by atoms with E-state index in [1.807, 2.05) is 0 Å². The van der Waals surface area contributed by atoms with Crippen LogP contribution in [0.4, 0.5) is 4.39 Å². The molecule has 0 spiro atoms. The molecule has 116 valence electrons. The molecule has 22 heavy (non-hydrogen) atoms. The number of carbonyl (C=O) groups is 2. The Morgan fingerprint density at radius 3 is 2.82 bits per heavy atom. The lowest BCUT2D eigenvalue weighted by Crippen LogP contribution is -2.35. The first-order valence-corrected chi connectivity index (χ1v) is 6.65. The molecule has 1 aromatic heterocycles. The van der Waals surface area contributed by atoms with E-state index >= 15 is 0 Å². The third-order valence-corrected chi connectivity index (χ3v) is 2.99. The lowest BCUT2D eigenvalue weighted by atomic mass is 10.2. The summed E-state index contributed by atoms with van der Waals surface area (Å²) in [6, 6.07) is 6.02. The van der Waals surface area contributed by atoms with Crippen LogP contribution in [0, 0.1) is 5.82 Å². The Kier molecular flexibility index (Phi) is 4.82. The number of rotatable bonds is 6. The molecule has 2 rings (SSSR count). The van der Waals surface area contributed by atoms with Gasteiger partial charge in [-0.1, -0.05) is 17.3 Å². The number of likely N-dealkylation sites (N-methyl/N-ethyl adjacent to an activating group) is 1. The molecule has 0 unspecified atom stereocenters. The van der Waals surface area contributed by atoms with Crippen LogP contribution in [0.25, 0.3) is 0 Å². The molecule has 1 aromatic carbocycles. The van der Waals surface area contributed by atoms with Gasteiger partial charge in [0, 0.05) is 6.54 Å². The SMILES string of the molecule is CCN(CC(=O)O)C(=O)c1cn(Cc2cccc(F)c2)nn1. The average Bonchev–Trinajstić information content (AvgIpc) is 2.92. The third kappa shape index (κ3) is 3.87. The van der Waals surface area contributed by atoms with Gasteiger partial charge in [-0.05, 0) is 24.6 Å². The summed E-state index contributed by atoms with van der Waals surface area (Å²) in [5.74, 6) is -1.95. The third-order valence-electron chi connectivity index (χ3n) is 2.99. The van der Waals surface area contributed by atoms with Gasteiger partial charge in [-0.15, -0.1) is 5.10 Å². The second-order valence-electron chi connectivity index (χ2n) is 4.64. The Morgan fingerprint density at radius 1 is 1.41 bits per heavy atom. The molecular weight excluding hydrogens is 291 g/mol. The number of aliphatic carboxylic acids is 1. The summed E-state index contributed by atoms with van der Waals surface area (Å²) in [6.07, 6.45) is 1.41. The van der Waals surface area contributed by atoms with Crippen LogP contribution >= 0.6 is 0 Å². The van der Waals surface area contributed by atoms with Gasteiger partial charge in [-0.25, -0.2) is 9.07 Å². The van der Waals surface area contributed by atoms with Crippen molar-refractivity contribution in [2.75, 3.05) is 13.1 Å². The first kappa shape index (κ1) is 15.6. The number of hydrogen-bond acceptors (Lipinski definition) is 4. The molecule has 1 heterocycles. The highest BCUT2D eigenvalue weighted by atomic mass is 19.1. The Balaban J connectivity index is 2.10. The Bertz CT molecular complexity index is 686. The minimum atomic E-state index is -1.10. The molecular formula is C14H15FN4O3. The number of carboxylic acid groups (broad SMARTS) is 1. The molecule has 1 N–H and O–H groups in total. The molecule has 0 saturated carbocycles. The van der Waals surface area contributed by atoms with Crippen molar-refractivity contribution in [1.82, 2.24) is 19.9 Å². The maximum Gasteiger partial charge on any atom is 0.323 e. The van der Waals surface area contributed by atoms with E-state index in [4.69, 9.17) is 5.11 Å². The smallest absolute Gasteiger partial charge is 0.323 e. The lowest BCUT2D eigenvalue weighted by molar-refractivity contribution is -0.137. The van der Waals surface area contributed by atoms with Crippen LogP contribution in [-0.4, -0.2) is 50.0 Å². The molecule has 0 bridgehead atoms. The summed E-state index contributed by atoms with van der Waals surface area (Å²) in [5, 5.41) is 16.3. The van der Waals surface area contributed by atoms with Crippen LogP contribution in [-0.2, 0) is 11.3 Å². The van der Waals surface area contributed by atoms with E-state index < -0.39 is 18.4 Å². The van der Waals surface area contributed by atoms with E-state index in [2.05, 4.69) is 10.3 Å². The highest BCUT2D eigenvalue weighted by Crippen LogP contribution is 2.07. The van der Waals surface area contributed by atoms with Crippen LogP contribution in [0.1, 0.15) is 23.0 Å².